The molecule has 0 aliphatic carbocycles. The third kappa shape index (κ3) is 1.72. The van der Waals surface area contributed by atoms with Gasteiger partial charge in [0.2, 0.25) is 0 Å². The first kappa shape index (κ1) is 7.58. The summed E-state index contributed by atoms with van der Waals surface area (Å²) in [5.74, 6) is 0.916. The Morgan fingerprint density at radius 3 is 2.60 bits per heavy atom. The van der Waals surface area contributed by atoms with Crippen molar-refractivity contribution in [3.8, 4) is 0 Å². The Morgan fingerprint density at radius 1 is 1.50 bits per heavy atom. The zero-order valence-electron chi connectivity index (χ0n) is 6.98. The van der Waals surface area contributed by atoms with E-state index in [-0.39, 0.29) is 0 Å². The lowest BCUT2D eigenvalue weighted by Crippen LogP contribution is -2.23. The normalized spacial score (nSPS) is 23.7. The van der Waals surface area contributed by atoms with Crippen LogP contribution in [0.3, 0.4) is 0 Å². The number of hydrogen-bond acceptors (Lipinski definition) is 2. The Kier molecular flexibility index (Phi) is 1.97. The van der Waals surface area contributed by atoms with Gasteiger partial charge in [0.25, 0.3) is 0 Å². The van der Waals surface area contributed by atoms with Crippen LogP contribution in [-0.4, -0.2) is 19.6 Å². The minimum Gasteiger partial charge on any atom is -0.484 e. The highest BCUT2D eigenvalue weighted by atomic mass is 16.5. The summed E-state index contributed by atoms with van der Waals surface area (Å²) in [6, 6.07) is 0. The zero-order valence-corrected chi connectivity index (χ0v) is 6.98. The second-order valence-electron chi connectivity index (χ2n) is 3.58. The summed E-state index contributed by atoms with van der Waals surface area (Å²) >= 11 is 0. The van der Waals surface area contributed by atoms with Crippen molar-refractivity contribution in [2.24, 2.45) is 10.4 Å². The molecule has 0 saturated heterocycles. The smallest absolute Gasteiger partial charge is 0.182 e. The van der Waals surface area contributed by atoms with Crippen LogP contribution in [0.2, 0.25) is 0 Å². The minimum atomic E-state index is 0.391. The molecule has 1 heterocycles. The maximum atomic E-state index is 5.03. The Morgan fingerprint density at radius 2 is 2.20 bits per heavy atom. The number of rotatable bonds is 0. The second-order valence-corrected chi connectivity index (χ2v) is 3.58. The molecule has 0 amide bonds. The van der Waals surface area contributed by atoms with E-state index in [1.165, 1.54) is 6.42 Å². The third-order valence-corrected chi connectivity index (χ3v) is 1.93. The molecule has 0 bridgehead atoms. The number of nitrogens with zero attached hydrogens (tertiary/aromatic N) is 1. The van der Waals surface area contributed by atoms with Crippen molar-refractivity contribution in [2.45, 2.75) is 26.7 Å². The lowest BCUT2D eigenvalue weighted by Gasteiger charge is -2.26. The first-order valence-corrected chi connectivity index (χ1v) is 3.71. The van der Waals surface area contributed by atoms with E-state index in [0.29, 0.717) is 5.41 Å². The highest BCUT2D eigenvalue weighted by Gasteiger charge is 2.22. The lowest BCUT2D eigenvalue weighted by molar-refractivity contribution is 0.300. The molecule has 1 rings (SSSR count). The van der Waals surface area contributed by atoms with Gasteiger partial charge in [-0.15, -0.1) is 0 Å². The van der Waals surface area contributed by atoms with Gasteiger partial charge < -0.3 is 4.74 Å². The van der Waals surface area contributed by atoms with Crippen molar-refractivity contribution in [2.75, 3.05) is 13.7 Å². The first-order valence-electron chi connectivity index (χ1n) is 3.71. The molecular weight excluding hydrogens is 126 g/mol. The van der Waals surface area contributed by atoms with Gasteiger partial charge in [-0.25, -0.2) is 0 Å². The highest BCUT2D eigenvalue weighted by molar-refractivity contribution is 5.76. The van der Waals surface area contributed by atoms with Gasteiger partial charge in [0.15, 0.2) is 5.90 Å². The van der Waals surface area contributed by atoms with Gasteiger partial charge in [0.1, 0.15) is 0 Å². The summed E-state index contributed by atoms with van der Waals surface area (Å²) in [5, 5.41) is 0. The fourth-order valence-electron chi connectivity index (χ4n) is 1.07. The number of hydrogen-bond donors (Lipinski definition) is 0. The van der Waals surface area contributed by atoms with E-state index < -0.39 is 0 Å². The van der Waals surface area contributed by atoms with Gasteiger partial charge >= 0.3 is 0 Å². The van der Waals surface area contributed by atoms with Crippen LogP contribution < -0.4 is 0 Å². The van der Waals surface area contributed by atoms with E-state index in [1.54, 1.807) is 7.11 Å². The molecule has 0 atom stereocenters. The lowest BCUT2D eigenvalue weighted by atomic mass is 9.86. The molecule has 0 fully saturated rings. The van der Waals surface area contributed by atoms with Crippen molar-refractivity contribution in [3.05, 3.63) is 0 Å². The van der Waals surface area contributed by atoms with Crippen LogP contribution in [0.15, 0.2) is 4.99 Å². The molecular formula is C8H15NO. The summed E-state index contributed by atoms with van der Waals surface area (Å²) in [4.78, 5) is 4.30. The van der Waals surface area contributed by atoms with Crippen LogP contribution in [0.5, 0.6) is 0 Å². The molecule has 10 heavy (non-hydrogen) atoms. The van der Waals surface area contributed by atoms with E-state index in [4.69, 9.17) is 4.74 Å². The van der Waals surface area contributed by atoms with E-state index in [2.05, 4.69) is 18.8 Å². The summed E-state index contributed by atoms with van der Waals surface area (Å²) in [6.07, 6.45) is 2.20. The SMILES string of the molecule is COC1=NCC(C)(C)CC1. The molecule has 0 aromatic heterocycles. The molecule has 0 saturated carbocycles. The summed E-state index contributed by atoms with van der Waals surface area (Å²) in [5.41, 5.74) is 0.391. The summed E-state index contributed by atoms with van der Waals surface area (Å²) < 4.78 is 5.03. The van der Waals surface area contributed by atoms with Gasteiger partial charge in [0.05, 0.1) is 7.11 Å². The number of ether oxygens (including phenoxy) is 1. The van der Waals surface area contributed by atoms with Gasteiger partial charge in [-0.05, 0) is 11.8 Å². The van der Waals surface area contributed by atoms with Crippen LogP contribution in [0.25, 0.3) is 0 Å². The minimum absolute atomic E-state index is 0.391. The molecule has 1 aliphatic heterocycles. The van der Waals surface area contributed by atoms with Gasteiger partial charge in [0, 0.05) is 13.0 Å². The largest absolute Gasteiger partial charge is 0.484 e. The van der Waals surface area contributed by atoms with Gasteiger partial charge in [-0.3, -0.25) is 4.99 Å². The van der Waals surface area contributed by atoms with E-state index in [9.17, 15) is 0 Å². The van der Waals surface area contributed by atoms with Crippen LogP contribution in [0.4, 0.5) is 0 Å². The van der Waals surface area contributed by atoms with Crippen LogP contribution in [0, 0.1) is 5.41 Å². The number of aliphatic imine (C=N–C) groups is 1. The van der Waals surface area contributed by atoms with E-state index >= 15 is 0 Å². The van der Waals surface area contributed by atoms with Crippen molar-refractivity contribution in [3.63, 3.8) is 0 Å². The van der Waals surface area contributed by atoms with Crippen molar-refractivity contribution < 1.29 is 4.74 Å². The van der Waals surface area contributed by atoms with E-state index in [0.717, 1.165) is 18.9 Å². The topological polar surface area (TPSA) is 21.6 Å². The van der Waals surface area contributed by atoms with E-state index in [1.807, 2.05) is 0 Å². The fraction of sp³-hybridized carbons (Fsp3) is 0.875. The quantitative estimate of drug-likeness (QED) is 0.504. The van der Waals surface area contributed by atoms with Gasteiger partial charge in [-0.2, -0.15) is 0 Å². The van der Waals surface area contributed by atoms with Gasteiger partial charge in [-0.1, -0.05) is 13.8 Å². The van der Waals surface area contributed by atoms with Crippen LogP contribution in [-0.2, 0) is 4.74 Å². The van der Waals surface area contributed by atoms with Crippen molar-refractivity contribution >= 4 is 5.90 Å². The molecule has 0 aromatic rings. The first-order chi connectivity index (χ1) is 4.64. The summed E-state index contributed by atoms with van der Waals surface area (Å²) in [7, 11) is 1.69. The van der Waals surface area contributed by atoms with Crippen LogP contribution >= 0.6 is 0 Å². The zero-order chi connectivity index (χ0) is 7.61. The maximum absolute atomic E-state index is 5.03. The predicted octanol–water partition coefficient (Wildman–Crippen LogP) is 1.85. The molecule has 0 radical (unpaired) electrons. The molecule has 0 spiro atoms. The molecule has 2 heteroatoms. The molecule has 2 nitrogen and oxygen atoms in total. The molecule has 0 N–H and O–H groups in total. The second kappa shape index (κ2) is 2.60. The highest BCUT2D eigenvalue weighted by Crippen LogP contribution is 2.26. The average molecular weight is 141 g/mol. The number of methoxy groups -OCH3 is 1. The molecule has 58 valence electrons. The third-order valence-electron chi connectivity index (χ3n) is 1.93. The van der Waals surface area contributed by atoms with Crippen molar-refractivity contribution in [1.82, 2.24) is 0 Å². The predicted molar refractivity (Wildman–Crippen MR) is 42.3 cm³/mol. The van der Waals surface area contributed by atoms with Crippen LogP contribution in [0.1, 0.15) is 26.7 Å². The standard InChI is InChI=1S/C8H15NO/c1-8(2)5-4-7(10-3)9-6-8/h4-6H2,1-3H3. The maximum Gasteiger partial charge on any atom is 0.182 e. The van der Waals surface area contributed by atoms with Crippen molar-refractivity contribution in [1.29, 1.82) is 0 Å². The average Bonchev–Trinajstić information content (AvgIpc) is 1.88. The Labute approximate surface area is 62.3 Å². The molecule has 1 aliphatic rings. The Hall–Kier alpha value is -0.530. The molecule has 0 unspecified atom stereocenters. The summed E-state index contributed by atoms with van der Waals surface area (Å²) in [6.45, 7) is 5.39. The Bertz CT molecular complexity index is 149. The molecule has 0 aromatic carbocycles. The Balaban J connectivity index is 2.52. The fourth-order valence-corrected chi connectivity index (χ4v) is 1.07. The monoisotopic (exact) mass is 141 g/mol.